The molecule has 1 aliphatic rings. The summed E-state index contributed by atoms with van der Waals surface area (Å²) in [6.45, 7) is 3.58. The number of halogens is 3. The van der Waals surface area contributed by atoms with Gasteiger partial charge in [0.25, 0.3) is 0 Å². The summed E-state index contributed by atoms with van der Waals surface area (Å²) in [4.78, 5) is 11.1. The molecule has 1 aliphatic carbocycles. The molecule has 0 saturated heterocycles. The van der Waals surface area contributed by atoms with E-state index in [4.69, 9.17) is 9.84 Å². The summed E-state index contributed by atoms with van der Waals surface area (Å²) in [5.41, 5.74) is -0.752. The first-order chi connectivity index (χ1) is 9.10. The molecule has 3 nitrogen and oxygen atoms in total. The van der Waals surface area contributed by atoms with Crippen LogP contribution in [-0.2, 0) is 11.0 Å². The number of carboxylic acids is 1. The second kappa shape index (κ2) is 4.40. The highest BCUT2D eigenvalue weighted by Gasteiger charge is 2.62. The van der Waals surface area contributed by atoms with Gasteiger partial charge in [0.2, 0.25) is 0 Å². The van der Waals surface area contributed by atoms with Crippen LogP contribution in [0.3, 0.4) is 0 Å². The van der Waals surface area contributed by atoms with Crippen LogP contribution in [0.15, 0.2) is 18.2 Å². The predicted molar refractivity (Wildman–Crippen MR) is 65.6 cm³/mol. The molecule has 0 spiro atoms. The molecular weight excluding hydrogens is 273 g/mol. The van der Waals surface area contributed by atoms with E-state index in [1.807, 2.05) is 0 Å². The maximum absolute atomic E-state index is 12.8. The molecule has 0 unspecified atom stereocenters. The summed E-state index contributed by atoms with van der Waals surface area (Å²) in [6, 6.07) is 3.57. The van der Waals surface area contributed by atoms with Crippen LogP contribution < -0.4 is 4.74 Å². The van der Waals surface area contributed by atoms with Crippen molar-refractivity contribution >= 4 is 5.97 Å². The highest BCUT2D eigenvalue weighted by molar-refractivity contribution is 5.77. The molecule has 0 heterocycles. The molecule has 2 atom stereocenters. The van der Waals surface area contributed by atoms with Crippen molar-refractivity contribution < 1.29 is 27.8 Å². The first-order valence-electron chi connectivity index (χ1n) is 6.08. The highest BCUT2D eigenvalue weighted by atomic mass is 19.4. The topological polar surface area (TPSA) is 46.5 Å². The third-order valence-corrected chi connectivity index (χ3v) is 3.98. The molecule has 1 aromatic carbocycles. The number of aliphatic carboxylic acids is 1. The number of hydrogen-bond donors (Lipinski definition) is 1. The molecule has 2 rings (SSSR count). The third kappa shape index (κ3) is 2.23. The van der Waals surface area contributed by atoms with Gasteiger partial charge in [-0.2, -0.15) is 13.2 Å². The van der Waals surface area contributed by atoms with E-state index in [2.05, 4.69) is 0 Å². The van der Waals surface area contributed by atoms with Gasteiger partial charge in [-0.25, -0.2) is 0 Å². The van der Waals surface area contributed by atoms with Gasteiger partial charge in [0.1, 0.15) is 5.75 Å². The fourth-order valence-corrected chi connectivity index (χ4v) is 2.86. The number of methoxy groups -OCH3 is 1. The zero-order chi connectivity index (χ0) is 15.3. The van der Waals surface area contributed by atoms with E-state index in [-0.39, 0.29) is 11.7 Å². The number of carboxylic acid groups (broad SMARTS) is 1. The van der Waals surface area contributed by atoms with Crippen LogP contribution in [-0.4, -0.2) is 18.2 Å². The average Bonchev–Trinajstić information content (AvgIpc) is 2.90. The molecule has 1 saturated carbocycles. The number of carbonyl (C=O) groups is 1. The molecule has 0 radical (unpaired) electrons. The largest absolute Gasteiger partial charge is 0.496 e. The van der Waals surface area contributed by atoms with Gasteiger partial charge in [-0.05, 0) is 23.1 Å². The van der Waals surface area contributed by atoms with Crippen LogP contribution in [0.4, 0.5) is 13.2 Å². The second-order valence-electron chi connectivity index (χ2n) is 5.57. The summed E-state index contributed by atoms with van der Waals surface area (Å²) in [7, 11) is 1.17. The Labute approximate surface area is 114 Å². The Morgan fingerprint density at radius 2 is 1.95 bits per heavy atom. The van der Waals surface area contributed by atoms with E-state index in [9.17, 15) is 18.0 Å². The van der Waals surface area contributed by atoms with E-state index in [1.165, 1.54) is 19.2 Å². The molecular formula is C14H15F3O3. The lowest BCUT2D eigenvalue weighted by Crippen LogP contribution is -2.08. The molecule has 1 aromatic rings. The number of benzene rings is 1. The van der Waals surface area contributed by atoms with Gasteiger partial charge in [0.05, 0.1) is 18.6 Å². The molecule has 1 fully saturated rings. The minimum absolute atomic E-state index is 0.276. The fourth-order valence-electron chi connectivity index (χ4n) is 2.86. The minimum Gasteiger partial charge on any atom is -0.496 e. The van der Waals surface area contributed by atoms with Crippen LogP contribution in [0, 0.1) is 11.3 Å². The van der Waals surface area contributed by atoms with Crippen LogP contribution in [0.1, 0.15) is 30.9 Å². The fraction of sp³-hybridized carbons (Fsp3) is 0.500. The molecule has 110 valence electrons. The molecule has 0 amide bonds. The molecule has 1 N–H and O–H groups in total. The van der Waals surface area contributed by atoms with Crippen molar-refractivity contribution in [3.8, 4) is 5.75 Å². The molecule has 0 aromatic heterocycles. The number of hydrogen-bond acceptors (Lipinski definition) is 2. The maximum atomic E-state index is 12.8. The smallest absolute Gasteiger partial charge is 0.419 e. The van der Waals surface area contributed by atoms with Gasteiger partial charge in [0.15, 0.2) is 0 Å². The van der Waals surface area contributed by atoms with Gasteiger partial charge in [-0.1, -0.05) is 19.9 Å². The first-order valence-corrected chi connectivity index (χ1v) is 6.08. The Morgan fingerprint density at radius 3 is 2.35 bits per heavy atom. The van der Waals surface area contributed by atoms with E-state index in [1.54, 1.807) is 13.8 Å². The third-order valence-electron chi connectivity index (χ3n) is 3.98. The highest BCUT2D eigenvalue weighted by Crippen LogP contribution is 2.64. The van der Waals surface area contributed by atoms with E-state index in [0.29, 0.717) is 5.56 Å². The second-order valence-corrected chi connectivity index (χ2v) is 5.57. The van der Waals surface area contributed by atoms with Crippen LogP contribution >= 0.6 is 0 Å². The standard InChI is InChI=1S/C14H15F3O3/c1-13(2)10(11(13)12(18)19)7-4-5-8(14(15,16)17)9(6-7)20-3/h4-6,10-11H,1-3H3,(H,18,19)/t10-,11+/m1/s1. The van der Waals surface area contributed by atoms with Crippen molar-refractivity contribution in [1.29, 1.82) is 0 Å². The normalized spacial score (nSPS) is 24.3. The summed E-state index contributed by atoms with van der Waals surface area (Å²) < 4.78 is 43.1. The minimum atomic E-state index is -4.49. The van der Waals surface area contributed by atoms with Crippen molar-refractivity contribution in [1.82, 2.24) is 0 Å². The van der Waals surface area contributed by atoms with Crippen LogP contribution in [0.2, 0.25) is 0 Å². The Balaban J connectivity index is 2.40. The van der Waals surface area contributed by atoms with E-state index >= 15 is 0 Å². The zero-order valence-corrected chi connectivity index (χ0v) is 11.3. The van der Waals surface area contributed by atoms with Gasteiger partial charge < -0.3 is 9.84 Å². The Hall–Kier alpha value is -1.72. The molecule has 0 aliphatic heterocycles. The summed E-state index contributed by atoms with van der Waals surface area (Å²) in [5.74, 6) is -2.08. The molecule has 6 heteroatoms. The van der Waals surface area contributed by atoms with E-state index in [0.717, 1.165) is 6.07 Å². The summed E-state index contributed by atoms with van der Waals surface area (Å²) in [5, 5.41) is 9.12. The number of ether oxygens (including phenoxy) is 1. The zero-order valence-electron chi connectivity index (χ0n) is 11.3. The van der Waals surface area contributed by atoms with E-state index < -0.39 is 29.0 Å². The molecule has 20 heavy (non-hydrogen) atoms. The lowest BCUT2D eigenvalue weighted by molar-refractivity contribution is -0.140. The summed E-state index contributed by atoms with van der Waals surface area (Å²) in [6.07, 6.45) is -4.49. The van der Waals surface area contributed by atoms with Gasteiger partial charge in [0, 0.05) is 5.92 Å². The van der Waals surface area contributed by atoms with Crippen molar-refractivity contribution in [2.45, 2.75) is 25.9 Å². The first kappa shape index (κ1) is 14.7. The van der Waals surface area contributed by atoms with Gasteiger partial charge >= 0.3 is 12.1 Å². The predicted octanol–water partition coefficient (Wildman–Crippen LogP) is 3.54. The Kier molecular flexibility index (Phi) is 3.23. The quantitative estimate of drug-likeness (QED) is 0.925. The monoisotopic (exact) mass is 288 g/mol. The molecule has 0 bridgehead atoms. The maximum Gasteiger partial charge on any atom is 0.419 e. The summed E-state index contributed by atoms with van der Waals surface area (Å²) >= 11 is 0. The Morgan fingerprint density at radius 1 is 1.35 bits per heavy atom. The van der Waals surface area contributed by atoms with Crippen LogP contribution in [0.5, 0.6) is 5.75 Å². The van der Waals surface area contributed by atoms with Crippen molar-refractivity contribution in [3.05, 3.63) is 29.3 Å². The van der Waals surface area contributed by atoms with Crippen molar-refractivity contribution in [3.63, 3.8) is 0 Å². The number of rotatable bonds is 3. The number of alkyl halides is 3. The van der Waals surface area contributed by atoms with Crippen molar-refractivity contribution in [2.24, 2.45) is 11.3 Å². The average molecular weight is 288 g/mol. The SMILES string of the molecule is COc1cc([C@@H]2[C@@H](C(=O)O)C2(C)C)ccc1C(F)(F)F. The Bertz CT molecular complexity index is 549. The van der Waals surface area contributed by atoms with Gasteiger partial charge in [-0.3, -0.25) is 4.79 Å². The van der Waals surface area contributed by atoms with Gasteiger partial charge in [-0.15, -0.1) is 0 Å². The lowest BCUT2D eigenvalue weighted by Gasteiger charge is -2.13. The van der Waals surface area contributed by atoms with Crippen LogP contribution in [0.25, 0.3) is 0 Å². The lowest BCUT2D eigenvalue weighted by atomic mass is 10.0. The van der Waals surface area contributed by atoms with Crippen molar-refractivity contribution in [2.75, 3.05) is 7.11 Å².